The molecular weight excluding hydrogens is 424 g/mol. The Bertz CT molecular complexity index is 484. The molecule has 1 atom stereocenters. The largest absolute Gasteiger partial charge is 2.00 e. The van der Waals surface area contributed by atoms with Gasteiger partial charge in [0.15, 0.2) is 0 Å². The number of benzene rings is 1. The van der Waals surface area contributed by atoms with Crippen LogP contribution in [0.5, 0.6) is 0 Å². The van der Waals surface area contributed by atoms with Crippen LogP contribution in [0.25, 0.3) is 0 Å². The van der Waals surface area contributed by atoms with E-state index in [0.717, 1.165) is 18.8 Å². The Hall–Kier alpha value is -0.617. The van der Waals surface area contributed by atoms with Crippen molar-refractivity contribution in [3.63, 3.8) is 0 Å². The van der Waals surface area contributed by atoms with Gasteiger partial charge in [-0.05, 0) is 38.1 Å². The second kappa shape index (κ2) is 13.6. The number of hydrogen-bond acceptors (Lipinski definition) is 6. The van der Waals surface area contributed by atoms with Gasteiger partial charge in [-0.15, -0.1) is 17.5 Å². The van der Waals surface area contributed by atoms with E-state index in [4.69, 9.17) is 0 Å². The molecule has 0 saturated carbocycles. The summed E-state index contributed by atoms with van der Waals surface area (Å²) in [6, 6.07) is 8.15. The van der Waals surface area contributed by atoms with Crippen molar-refractivity contribution in [2.24, 2.45) is 15.3 Å². The van der Waals surface area contributed by atoms with Crippen LogP contribution in [-0.2, 0) is 19.5 Å². The maximum absolute atomic E-state index is 4.31. The van der Waals surface area contributed by atoms with Crippen LogP contribution in [0, 0.1) is 0 Å². The van der Waals surface area contributed by atoms with E-state index in [2.05, 4.69) is 46.2 Å². The summed E-state index contributed by atoms with van der Waals surface area (Å²) in [5.74, 6) is 0. The van der Waals surface area contributed by atoms with Crippen molar-refractivity contribution in [3.05, 3.63) is 24.3 Å². The van der Waals surface area contributed by atoms with Gasteiger partial charge < -0.3 is 34.6 Å². The van der Waals surface area contributed by atoms with Gasteiger partial charge in [-0.1, -0.05) is 0 Å². The predicted octanol–water partition coefficient (Wildman–Crippen LogP) is -2.85. The standard InChI is InChI=1S/C14H22N6.3ClH.Zn/c1-5-20(6-2)13-9-7-12(8-10-13)16-17-14-18(3)11-15-19(14)4;;;;/h7-11,14H,5-6H2,1-4H3;3*1H;/q;;;;+2/p-2. The van der Waals surface area contributed by atoms with Gasteiger partial charge in [-0.2, -0.15) is 10.2 Å². The Kier molecular flexibility index (Phi) is 16.0. The van der Waals surface area contributed by atoms with Crippen LogP contribution in [0.3, 0.4) is 0 Å². The van der Waals surface area contributed by atoms with Crippen LogP contribution < -0.4 is 29.7 Å². The number of rotatable bonds is 5. The molecule has 1 aromatic carbocycles. The average molecular weight is 447 g/mol. The molecule has 0 aromatic heterocycles. The molecule has 6 nitrogen and oxygen atoms in total. The number of hydrogen-bond donors (Lipinski definition) is 0. The third-order valence-electron chi connectivity index (χ3n) is 3.37. The molecule has 0 saturated heterocycles. The predicted molar refractivity (Wildman–Crippen MR) is 89.6 cm³/mol. The zero-order valence-electron chi connectivity index (χ0n) is 14.4. The number of azo groups is 1. The van der Waals surface area contributed by atoms with E-state index in [9.17, 15) is 0 Å². The topological polar surface area (TPSA) is 46.8 Å². The van der Waals surface area contributed by atoms with Crippen LogP contribution >= 0.6 is 12.4 Å². The smallest absolute Gasteiger partial charge is 1.00 e. The SMILES string of the molecule is CCN(CC)c1ccc(N=NC2N(C)C=NN2C)cc1.Cl.[Cl-].[Cl-].[Zn+2]. The maximum atomic E-state index is 4.31. The molecule has 10 heteroatoms. The molecule has 2 rings (SSSR count). The normalized spacial score (nSPS) is 15.2. The minimum absolute atomic E-state index is 0. The van der Waals surface area contributed by atoms with Gasteiger partial charge in [0.05, 0.1) is 5.69 Å². The van der Waals surface area contributed by atoms with E-state index in [-0.39, 0.29) is 63.0 Å². The van der Waals surface area contributed by atoms with E-state index in [1.165, 1.54) is 5.69 Å². The molecule has 1 aliphatic heterocycles. The summed E-state index contributed by atoms with van der Waals surface area (Å²) in [6.07, 6.45) is 1.59. The molecule has 132 valence electrons. The van der Waals surface area contributed by atoms with Crippen molar-refractivity contribution in [3.8, 4) is 0 Å². The molecule has 1 unspecified atom stereocenters. The van der Waals surface area contributed by atoms with Gasteiger partial charge >= 0.3 is 19.5 Å². The Morgan fingerprint density at radius 2 is 1.62 bits per heavy atom. The van der Waals surface area contributed by atoms with Crippen molar-refractivity contribution >= 4 is 30.1 Å². The van der Waals surface area contributed by atoms with Crippen molar-refractivity contribution in [2.75, 3.05) is 32.1 Å². The summed E-state index contributed by atoms with van der Waals surface area (Å²) in [5.41, 5.74) is 2.07. The molecule has 1 aliphatic rings. The van der Waals surface area contributed by atoms with Gasteiger partial charge in [-0.3, -0.25) is 5.01 Å². The quantitative estimate of drug-likeness (QED) is 0.361. The Balaban J connectivity index is -0.00000110. The summed E-state index contributed by atoms with van der Waals surface area (Å²) >= 11 is 0. The minimum atomic E-state index is -0.155. The zero-order chi connectivity index (χ0) is 14.5. The Morgan fingerprint density at radius 3 is 2.04 bits per heavy atom. The first-order chi connectivity index (χ1) is 9.65. The number of halogens is 3. The first-order valence-electron chi connectivity index (χ1n) is 6.90. The average Bonchev–Trinajstić information content (AvgIpc) is 2.78. The van der Waals surface area contributed by atoms with Crippen LogP contribution in [0.4, 0.5) is 11.4 Å². The minimum Gasteiger partial charge on any atom is -1.00 e. The zero-order valence-corrected chi connectivity index (χ0v) is 19.7. The summed E-state index contributed by atoms with van der Waals surface area (Å²) in [5, 5.41) is 14.5. The first kappa shape index (κ1) is 28.2. The van der Waals surface area contributed by atoms with Crippen LogP contribution in [0.1, 0.15) is 13.8 Å². The molecule has 0 N–H and O–H groups in total. The van der Waals surface area contributed by atoms with Gasteiger partial charge in [0.2, 0.25) is 6.29 Å². The summed E-state index contributed by atoms with van der Waals surface area (Å²) in [6.45, 7) is 6.32. The van der Waals surface area contributed by atoms with Crippen molar-refractivity contribution in [1.82, 2.24) is 9.91 Å². The molecule has 1 aromatic rings. The Labute approximate surface area is 175 Å². The molecule has 24 heavy (non-hydrogen) atoms. The second-order valence-corrected chi connectivity index (χ2v) is 4.72. The van der Waals surface area contributed by atoms with E-state index in [1.54, 1.807) is 11.3 Å². The number of nitrogens with zero attached hydrogens (tertiary/aromatic N) is 6. The van der Waals surface area contributed by atoms with Crippen molar-refractivity contribution in [1.29, 1.82) is 0 Å². The molecule has 0 aliphatic carbocycles. The van der Waals surface area contributed by atoms with E-state index < -0.39 is 0 Å². The van der Waals surface area contributed by atoms with Crippen molar-refractivity contribution < 1.29 is 44.3 Å². The summed E-state index contributed by atoms with van der Waals surface area (Å²) in [7, 11) is 3.81. The van der Waals surface area contributed by atoms with Crippen LogP contribution in [0.15, 0.2) is 39.6 Å². The van der Waals surface area contributed by atoms with Gasteiger partial charge in [0, 0.05) is 32.9 Å². The maximum Gasteiger partial charge on any atom is 2.00 e. The van der Waals surface area contributed by atoms with E-state index >= 15 is 0 Å². The summed E-state index contributed by atoms with van der Waals surface area (Å²) in [4.78, 5) is 4.21. The number of anilines is 1. The van der Waals surface area contributed by atoms with Crippen molar-refractivity contribution in [2.45, 2.75) is 20.1 Å². The molecule has 1 heterocycles. The fraction of sp³-hybridized carbons (Fsp3) is 0.500. The third kappa shape index (κ3) is 7.10. The molecule has 0 fully saturated rings. The fourth-order valence-corrected chi connectivity index (χ4v) is 2.14. The molecule has 0 bridgehead atoms. The Morgan fingerprint density at radius 1 is 1.08 bits per heavy atom. The molecule has 0 spiro atoms. The third-order valence-corrected chi connectivity index (χ3v) is 3.37. The van der Waals surface area contributed by atoms with E-state index in [1.807, 2.05) is 31.1 Å². The van der Waals surface area contributed by atoms with Gasteiger partial charge in [0.25, 0.3) is 0 Å². The van der Waals surface area contributed by atoms with Crippen LogP contribution in [-0.4, -0.2) is 49.7 Å². The molecule has 0 amide bonds. The monoisotopic (exact) mass is 444 g/mol. The van der Waals surface area contributed by atoms with E-state index in [0.29, 0.717) is 0 Å². The second-order valence-electron chi connectivity index (χ2n) is 4.72. The van der Waals surface area contributed by atoms with Gasteiger partial charge in [-0.25, -0.2) is 0 Å². The summed E-state index contributed by atoms with van der Waals surface area (Å²) < 4.78 is 0. The molecule has 0 radical (unpaired) electrons. The molecular formula is C14H23Cl3N6Zn. The van der Waals surface area contributed by atoms with Gasteiger partial charge in [0.1, 0.15) is 6.34 Å². The first-order valence-corrected chi connectivity index (χ1v) is 6.90. The fourth-order valence-electron chi connectivity index (χ4n) is 2.14. The number of hydrazone groups is 1. The van der Waals surface area contributed by atoms with Crippen LogP contribution in [0.2, 0.25) is 0 Å².